The maximum atomic E-state index is 5.17. The van der Waals surface area contributed by atoms with Crippen molar-refractivity contribution >= 4 is 27.3 Å². The van der Waals surface area contributed by atoms with Gasteiger partial charge in [-0.05, 0) is 11.6 Å². The predicted octanol–water partition coefficient (Wildman–Crippen LogP) is 4.24. The van der Waals surface area contributed by atoms with Crippen molar-refractivity contribution in [1.82, 2.24) is 0 Å². The van der Waals surface area contributed by atoms with Gasteiger partial charge in [0.05, 0.1) is 11.9 Å². The number of methoxy groups -OCH3 is 1. The van der Waals surface area contributed by atoms with Crippen molar-refractivity contribution in [1.29, 1.82) is 0 Å². The van der Waals surface area contributed by atoms with Crippen LogP contribution in [0.15, 0.2) is 41.8 Å². The van der Waals surface area contributed by atoms with E-state index in [-0.39, 0.29) is 4.83 Å². The van der Waals surface area contributed by atoms with Gasteiger partial charge in [0.2, 0.25) is 0 Å². The minimum atomic E-state index is 0.257. The summed E-state index contributed by atoms with van der Waals surface area (Å²) < 4.78 is 5.17. The standard InChI is InChI=1S/C12H11BrOS/c1-14-10-7-11(15-8-10)12(13)9-5-3-2-4-6-9/h2-8,12H,1H3. The van der Waals surface area contributed by atoms with Gasteiger partial charge in [-0.2, -0.15) is 0 Å². The van der Waals surface area contributed by atoms with Crippen LogP contribution in [0.3, 0.4) is 0 Å². The maximum Gasteiger partial charge on any atom is 0.129 e. The van der Waals surface area contributed by atoms with Gasteiger partial charge in [-0.25, -0.2) is 0 Å². The third-order valence-corrected chi connectivity index (χ3v) is 4.47. The van der Waals surface area contributed by atoms with Gasteiger partial charge < -0.3 is 4.74 Å². The van der Waals surface area contributed by atoms with Crippen LogP contribution in [0.1, 0.15) is 15.3 Å². The van der Waals surface area contributed by atoms with Crippen LogP contribution in [-0.2, 0) is 0 Å². The summed E-state index contributed by atoms with van der Waals surface area (Å²) in [6, 6.07) is 12.4. The van der Waals surface area contributed by atoms with E-state index in [2.05, 4.69) is 46.3 Å². The average molecular weight is 283 g/mol. The molecule has 0 aliphatic carbocycles. The zero-order valence-corrected chi connectivity index (χ0v) is 10.7. The molecular weight excluding hydrogens is 272 g/mol. The molecule has 1 aromatic carbocycles. The summed E-state index contributed by atoms with van der Waals surface area (Å²) in [5.41, 5.74) is 1.27. The van der Waals surface area contributed by atoms with E-state index in [4.69, 9.17) is 4.74 Å². The van der Waals surface area contributed by atoms with Crippen molar-refractivity contribution in [2.45, 2.75) is 4.83 Å². The Hall–Kier alpha value is -0.800. The number of thiophene rings is 1. The van der Waals surface area contributed by atoms with E-state index in [1.54, 1.807) is 18.4 Å². The Bertz CT molecular complexity index is 424. The van der Waals surface area contributed by atoms with E-state index >= 15 is 0 Å². The Balaban J connectivity index is 2.24. The molecule has 0 bridgehead atoms. The van der Waals surface area contributed by atoms with E-state index < -0.39 is 0 Å². The maximum absolute atomic E-state index is 5.17. The molecule has 78 valence electrons. The van der Waals surface area contributed by atoms with Crippen LogP contribution in [0.25, 0.3) is 0 Å². The minimum absolute atomic E-state index is 0.257. The van der Waals surface area contributed by atoms with E-state index in [1.807, 2.05) is 11.4 Å². The number of halogens is 1. The van der Waals surface area contributed by atoms with Crippen molar-refractivity contribution in [3.63, 3.8) is 0 Å². The first-order chi connectivity index (χ1) is 7.31. The lowest BCUT2D eigenvalue weighted by Gasteiger charge is -2.06. The highest BCUT2D eigenvalue weighted by atomic mass is 79.9. The summed E-state index contributed by atoms with van der Waals surface area (Å²) in [5.74, 6) is 0.926. The van der Waals surface area contributed by atoms with Crippen molar-refractivity contribution < 1.29 is 4.74 Å². The van der Waals surface area contributed by atoms with Crippen LogP contribution in [0, 0.1) is 0 Å². The molecule has 0 saturated heterocycles. The fraction of sp³-hybridized carbons (Fsp3) is 0.167. The Morgan fingerprint density at radius 2 is 2.00 bits per heavy atom. The fourth-order valence-electron chi connectivity index (χ4n) is 1.36. The summed E-state index contributed by atoms with van der Waals surface area (Å²) in [6.07, 6.45) is 0. The van der Waals surface area contributed by atoms with Crippen LogP contribution in [-0.4, -0.2) is 7.11 Å². The number of hydrogen-bond acceptors (Lipinski definition) is 2. The molecule has 15 heavy (non-hydrogen) atoms. The molecule has 1 heterocycles. The third kappa shape index (κ3) is 2.41. The Labute approximate surface area is 102 Å². The Morgan fingerprint density at radius 1 is 1.27 bits per heavy atom. The summed E-state index contributed by atoms with van der Waals surface area (Å²) in [4.78, 5) is 1.52. The Morgan fingerprint density at radius 3 is 2.60 bits per heavy atom. The lowest BCUT2D eigenvalue weighted by atomic mass is 10.1. The van der Waals surface area contributed by atoms with Crippen LogP contribution in [0.2, 0.25) is 0 Å². The molecule has 0 amide bonds. The van der Waals surface area contributed by atoms with Gasteiger partial charge in [0.15, 0.2) is 0 Å². The molecular formula is C12H11BrOS. The second-order valence-electron chi connectivity index (χ2n) is 3.16. The van der Waals surface area contributed by atoms with Gasteiger partial charge in [0.1, 0.15) is 5.75 Å². The Kier molecular flexibility index (Phi) is 3.44. The number of benzene rings is 1. The molecule has 0 N–H and O–H groups in total. The molecule has 1 atom stereocenters. The van der Waals surface area contributed by atoms with Gasteiger partial charge in [-0.3, -0.25) is 0 Å². The molecule has 0 saturated carbocycles. The van der Waals surface area contributed by atoms with E-state index in [0.29, 0.717) is 0 Å². The summed E-state index contributed by atoms with van der Waals surface area (Å²) in [6.45, 7) is 0. The highest BCUT2D eigenvalue weighted by Gasteiger charge is 2.12. The predicted molar refractivity (Wildman–Crippen MR) is 68.1 cm³/mol. The number of hydrogen-bond donors (Lipinski definition) is 0. The SMILES string of the molecule is COc1csc(C(Br)c2ccccc2)c1. The topological polar surface area (TPSA) is 9.23 Å². The first kappa shape index (κ1) is 10.7. The van der Waals surface area contributed by atoms with Gasteiger partial charge in [-0.1, -0.05) is 46.3 Å². The van der Waals surface area contributed by atoms with Crippen molar-refractivity contribution in [2.75, 3.05) is 7.11 Å². The largest absolute Gasteiger partial charge is 0.496 e. The lowest BCUT2D eigenvalue weighted by molar-refractivity contribution is 0.416. The second kappa shape index (κ2) is 4.81. The van der Waals surface area contributed by atoms with Crippen LogP contribution < -0.4 is 4.74 Å². The molecule has 1 nitrogen and oxygen atoms in total. The fourth-order valence-corrected chi connectivity index (χ4v) is 2.98. The monoisotopic (exact) mass is 282 g/mol. The third-order valence-electron chi connectivity index (χ3n) is 2.17. The molecule has 2 aromatic rings. The van der Waals surface area contributed by atoms with Crippen LogP contribution in [0.5, 0.6) is 5.75 Å². The molecule has 3 heteroatoms. The van der Waals surface area contributed by atoms with Gasteiger partial charge in [0.25, 0.3) is 0 Å². The summed E-state index contributed by atoms with van der Waals surface area (Å²) in [7, 11) is 1.69. The molecule has 2 rings (SSSR count). The zero-order chi connectivity index (χ0) is 10.7. The van der Waals surface area contributed by atoms with Gasteiger partial charge in [0, 0.05) is 10.3 Å². The van der Waals surface area contributed by atoms with E-state index in [9.17, 15) is 0 Å². The molecule has 0 spiro atoms. The first-order valence-electron chi connectivity index (χ1n) is 4.62. The number of rotatable bonds is 3. The zero-order valence-electron chi connectivity index (χ0n) is 8.31. The highest BCUT2D eigenvalue weighted by Crippen LogP contribution is 2.36. The molecule has 1 unspecified atom stereocenters. The normalized spacial score (nSPS) is 12.4. The second-order valence-corrected chi connectivity index (χ2v) is 5.02. The molecule has 0 fully saturated rings. The van der Waals surface area contributed by atoms with Crippen LogP contribution in [0.4, 0.5) is 0 Å². The highest BCUT2D eigenvalue weighted by molar-refractivity contribution is 9.09. The quantitative estimate of drug-likeness (QED) is 0.765. The average Bonchev–Trinajstić information content (AvgIpc) is 2.78. The van der Waals surface area contributed by atoms with Crippen LogP contribution >= 0.6 is 27.3 Å². The number of ether oxygens (including phenoxy) is 1. The van der Waals surface area contributed by atoms with E-state index in [0.717, 1.165) is 5.75 Å². The smallest absolute Gasteiger partial charge is 0.129 e. The molecule has 0 radical (unpaired) electrons. The number of alkyl halides is 1. The van der Waals surface area contributed by atoms with Crippen molar-refractivity contribution in [2.24, 2.45) is 0 Å². The summed E-state index contributed by atoms with van der Waals surface area (Å²) in [5, 5.41) is 2.02. The molecule has 0 aliphatic heterocycles. The lowest BCUT2D eigenvalue weighted by Crippen LogP contribution is -1.88. The van der Waals surface area contributed by atoms with Gasteiger partial charge in [-0.15, -0.1) is 11.3 Å². The summed E-state index contributed by atoms with van der Waals surface area (Å²) >= 11 is 5.40. The molecule has 1 aromatic heterocycles. The first-order valence-corrected chi connectivity index (χ1v) is 6.42. The van der Waals surface area contributed by atoms with E-state index in [1.165, 1.54) is 10.4 Å². The van der Waals surface area contributed by atoms with Gasteiger partial charge >= 0.3 is 0 Å². The van der Waals surface area contributed by atoms with Crippen molar-refractivity contribution in [3.05, 3.63) is 52.2 Å². The van der Waals surface area contributed by atoms with Crippen molar-refractivity contribution in [3.8, 4) is 5.75 Å². The minimum Gasteiger partial charge on any atom is -0.496 e. The molecule has 0 aliphatic rings.